The maximum atomic E-state index is 5.86. The molecule has 15 heavy (non-hydrogen) atoms. The van der Waals surface area contributed by atoms with Gasteiger partial charge in [-0.2, -0.15) is 0 Å². The Kier molecular flexibility index (Phi) is 3.62. The average Bonchev–Trinajstić information content (AvgIpc) is 2.67. The van der Waals surface area contributed by atoms with Crippen LogP contribution in [0.3, 0.4) is 0 Å². The fourth-order valence-corrected chi connectivity index (χ4v) is 2.05. The van der Waals surface area contributed by atoms with Gasteiger partial charge in [0.15, 0.2) is 0 Å². The molecule has 0 saturated heterocycles. The molecular formula is C13H19NO. The molecule has 2 nitrogen and oxygen atoms in total. The minimum Gasteiger partial charge on any atom is -0.490 e. The number of ether oxygens (including phenoxy) is 1. The van der Waals surface area contributed by atoms with Crippen molar-refractivity contribution in [1.29, 1.82) is 0 Å². The standard InChI is InChI=1S/C13H19NO/c1-2-14-9-5-7-12-10-11-6-3-4-8-13(11)15-12/h3-4,6,8,12,14H,2,5,7,9-10H2,1H3. The van der Waals surface area contributed by atoms with Gasteiger partial charge in [0.1, 0.15) is 11.9 Å². The average molecular weight is 205 g/mol. The van der Waals surface area contributed by atoms with Gasteiger partial charge in [0.05, 0.1) is 0 Å². The van der Waals surface area contributed by atoms with E-state index in [0.717, 1.165) is 31.7 Å². The molecule has 1 N–H and O–H groups in total. The summed E-state index contributed by atoms with van der Waals surface area (Å²) in [6.07, 6.45) is 3.84. The summed E-state index contributed by atoms with van der Waals surface area (Å²) in [5.74, 6) is 1.09. The van der Waals surface area contributed by atoms with Gasteiger partial charge in [0.2, 0.25) is 0 Å². The Morgan fingerprint density at radius 3 is 3.07 bits per heavy atom. The number of fused-ring (bicyclic) bond motifs is 1. The third-order valence-electron chi connectivity index (χ3n) is 2.84. The lowest BCUT2D eigenvalue weighted by molar-refractivity contribution is 0.217. The van der Waals surface area contributed by atoms with Gasteiger partial charge in [-0.1, -0.05) is 25.1 Å². The van der Waals surface area contributed by atoms with Crippen LogP contribution in [-0.4, -0.2) is 19.2 Å². The molecule has 0 spiro atoms. The number of benzene rings is 1. The van der Waals surface area contributed by atoms with Crippen molar-refractivity contribution < 1.29 is 4.74 Å². The largest absolute Gasteiger partial charge is 0.490 e. The zero-order valence-corrected chi connectivity index (χ0v) is 9.33. The summed E-state index contributed by atoms with van der Waals surface area (Å²) in [7, 11) is 0. The molecule has 0 aromatic heterocycles. The molecule has 0 bridgehead atoms. The van der Waals surface area contributed by atoms with E-state index in [4.69, 9.17) is 4.74 Å². The topological polar surface area (TPSA) is 21.3 Å². The second-order valence-electron chi connectivity index (χ2n) is 4.05. The van der Waals surface area contributed by atoms with E-state index >= 15 is 0 Å². The van der Waals surface area contributed by atoms with Gasteiger partial charge in [0, 0.05) is 6.42 Å². The molecule has 0 saturated carbocycles. The SMILES string of the molecule is CCNCCCC1Cc2ccccc2O1. The Balaban J connectivity index is 1.76. The zero-order chi connectivity index (χ0) is 10.5. The van der Waals surface area contributed by atoms with Crippen LogP contribution in [0.15, 0.2) is 24.3 Å². The third-order valence-corrected chi connectivity index (χ3v) is 2.84. The van der Waals surface area contributed by atoms with Crippen molar-refractivity contribution in [2.45, 2.75) is 32.3 Å². The summed E-state index contributed by atoms with van der Waals surface area (Å²) in [6.45, 7) is 4.31. The Labute approximate surface area is 91.6 Å². The summed E-state index contributed by atoms with van der Waals surface area (Å²) in [6, 6.07) is 8.36. The summed E-state index contributed by atoms with van der Waals surface area (Å²) >= 11 is 0. The van der Waals surface area contributed by atoms with Crippen LogP contribution in [0.1, 0.15) is 25.3 Å². The van der Waals surface area contributed by atoms with Gasteiger partial charge < -0.3 is 10.1 Å². The molecule has 1 aliphatic rings. The summed E-state index contributed by atoms with van der Waals surface area (Å²) in [5.41, 5.74) is 1.37. The molecule has 2 rings (SSSR count). The van der Waals surface area contributed by atoms with Crippen LogP contribution in [0.25, 0.3) is 0 Å². The van der Waals surface area contributed by atoms with Crippen LogP contribution in [0.2, 0.25) is 0 Å². The minimum atomic E-state index is 0.404. The summed E-state index contributed by atoms with van der Waals surface area (Å²) in [4.78, 5) is 0. The molecular weight excluding hydrogens is 186 g/mol. The fourth-order valence-electron chi connectivity index (χ4n) is 2.05. The number of para-hydroxylation sites is 1. The zero-order valence-electron chi connectivity index (χ0n) is 9.33. The fraction of sp³-hybridized carbons (Fsp3) is 0.538. The van der Waals surface area contributed by atoms with E-state index in [1.54, 1.807) is 0 Å². The highest BCUT2D eigenvalue weighted by Crippen LogP contribution is 2.29. The predicted molar refractivity (Wildman–Crippen MR) is 62.3 cm³/mol. The summed E-state index contributed by atoms with van der Waals surface area (Å²) in [5, 5.41) is 3.34. The monoisotopic (exact) mass is 205 g/mol. The molecule has 1 aliphatic heterocycles. The van der Waals surface area contributed by atoms with Crippen LogP contribution >= 0.6 is 0 Å². The van der Waals surface area contributed by atoms with Crippen molar-refractivity contribution >= 4 is 0 Å². The maximum Gasteiger partial charge on any atom is 0.123 e. The van der Waals surface area contributed by atoms with E-state index in [2.05, 4.69) is 30.4 Å². The van der Waals surface area contributed by atoms with Crippen LogP contribution in [0.5, 0.6) is 5.75 Å². The van der Waals surface area contributed by atoms with E-state index < -0.39 is 0 Å². The maximum absolute atomic E-state index is 5.86. The van der Waals surface area contributed by atoms with Crippen molar-refractivity contribution in [3.8, 4) is 5.75 Å². The first kappa shape index (κ1) is 10.5. The molecule has 2 heteroatoms. The molecule has 0 radical (unpaired) electrons. The Bertz CT molecular complexity index is 286. The number of nitrogens with one attached hydrogen (secondary N) is 1. The molecule has 0 fully saturated rings. The van der Waals surface area contributed by atoms with Gasteiger partial charge in [0.25, 0.3) is 0 Å². The summed E-state index contributed by atoms with van der Waals surface area (Å²) < 4.78 is 5.86. The lowest BCUT2D eigenvalue weighted by Crippen LogP contribution is -2.18. The number of hydrogen-bond donors (Lipinski definition) is 1. The molecule has 1 unspecified atom stereocenters. The molecule has 1 aromatic carbocycles. The van der Waals surface area contributed by atoms with Gasteiger partial charge in [-0.25, -0.2) is 0 Å². The van der Waals surface area contributed by atoms with Gasteiger partial charge in [-0.15, -0.1) is 0 Å². The van der Waals surface area contributed by atoms with E-state index in [1.165, 1.54) is 12.0 Å². The lowest BCUT2D eigenvalue weighted by Gasteiger charge is -2.10. The lowest BCUT2D eigenvalue weighted by atomic mass is 10.1. The second-order valence-corrected chi connectivity index (χ2v) is 4.05. The highest BCUT2D eigenvalue weighted by Gasteiger charge is 2.21. The number of rotatable bonds is 5. The Morgan fingerprint density at radius 1 is 1.40 bits per heavy atom. The quantitative estimate of drug-likeness (QED) is 0.745. The molecule has 0 amide bonds. The predicted octanol–water partition coefficient (Wildman–Crippen LogP) is 2.38. The Morgan fingerprint density at radius 2 is 2.27 bits per heavy atom. The van der Waals surface area contributed by atoms with Crippen molar-refractivity contribution in [2.24, 2.45) is 0 Å². The molecule has 1 heterocycles. The van der Waals surface area contributed by atoms with Crippen LogP contribution in [0.4, 0.5) is 0 Å². The smallest absolute Gasteiger partial charge is 0.123 e. The normalized spacial score (nSPS) is 18.6. The van der Waals surface area contributed by atoms with Crippen LogP contribution < -0.4 is 10.1 Å². The molecule has 82 valence electrons. The minimum absolute atomic E-state index is 0.404. The first-order valence-corrected chi connectivity index (χ1v) is 5.85. The van der Waals surface area contributed by atoms with Crippen LogP contribution in [0, 0.1) is 0 Å². The van der Waals surface area contributed by atoms with Crippen molar-refractivity contribution in [2.75, 3.05) is 13.1 Å². The molecule has 0 aliphatic carbocycles. The number of hydrogen-bond acceptors (Lipinski definition) is 2. The van der Waals surface area contributed by atoms with Gasteiger partial charge >= 0.3 is 0 Å². The molecule has 1 atom stereocenters. The van der Waals surface area contributed by atoms with Crippen molar-refractivity contribution in [1.82, 2.24) is 5.32 Å². The first-order chi connectivity index (χ1) is 7.40. The van der Waals surface area contributed by atoms with E-state index in [1.807, 2.05) is 6.07 Å². The van der Waals surface area contributed by atoms with Crippen molar-refractivity contribution in [3.05, 3.63) is 29.8 Å². The van der Waals surface area contributed by atoms with Gasteiger partial charge in [-0.3, -0.25) is 0 Å². The van der Waals surface area contributed by atoms with E-state index in [9.17, 15) is 0 Å². The van der Waals surface area contributed by atoms with E-state index in [0.29, 0.717) is 6.10 Å². The third kappa shape index (κ3) is 2.72. The molecule has 1 aromatic rings. The second kappa shape index (κ2) is 5.17. The highest BCUT2D eigenvalue weighted by atomic mass is 16.5. The van der Waals surface area contributed by atoms with Crippen LogP contribution in [-0.2, 0) is 6.42 Å². The van der Waals surface area contributed by atoms with E-state index in [-0.39, 0.29) is 0 Å². The Hall–Kier alpha value is -1.02. The van der Waals surface area contributed by atoms with Gasteiger partial charge in [-0.05, 0) is 37.6 Å². The highest BCUT2D eigenvalue weighted by molar-refractivity contribution is 5.37. The first-order valence-electron chi connectivity index (χ1n) is 5.85. The van der Waals surface area contributed by atoms with Crippen molar-refractivity contribution in [3.63, 3.8) is 0 Å².